The van der Waals surface area contributed by atoms with E-state index in [1.807, 2.05) is 78.9 Å². The van der Waals surface area contributed by atoms with Crippen LogP contribution in [0.15, 0.2) is 194 Å². The molecule has 8 rings (SSSR count). The highest BCUT2D eigenvalue weighted by molar-refractivity contribution is 5.89. The summed E-state index contributed by atoms with van der Waals surface area (Å²) in [5.74, 6) is 0.335. The molecule has 12 heteroatoms. The molecule has 0 amide bonds. The van der Waals surface area contributed by atoms with Crippen molar-refractivity contribution in [1.82, 2.24) is 0 Å². The van der Waals surface area contributed by atoms with E-state index in [0.717, 1.165) is 22.3 Å². The Hall–Kier alpha value is -9.16. The van der Waals surface area contributed by atoms with Gasteiger partial charge in [-0.15, -0.1) is 0 Å². The van der Waals surface area contributed by atoms with Crippen LogP contribution in [0.2, 0.25) is 0 Å². The molecule has 0 bridgehead atoms. The van der Waals surface area contributed by atoms with Crippen molar-refractivity contribution in [1.29, 1.82) is 0 Å². The van der Waals surface area contributed by atoms with E-state index < -0.39 is 23.9 Å². The summed E-state index contributed by atoms with van der Waals surface area (Å²) in [5.41, 5.74) is 4.37. The van der Waals surface area contributed by atoms with Gasteiger partial charge in [-0.1, -0.05) is 60.7 Å². The molecule has 316 valence electrons. The van der Waals surface area contributed by atoms with E-state index in [0.29, 0.717) is 46.0 Å². The van der Waals surface area contributed by atoms with Crippen LogP contribution in [-0.2, 0) is 0 Å². The zero-order chi connectivity index (χ0) is 45.0. The first-order valence-electron chi connectivity index (χ1n) is 19.4. The molecule has 8 aromatic rings. The fraction of sp³-hybridized carbons (Fsp3) is 0. The van der Waals surface area contributed by atoms with E-state index in [-0.39, 0.29) is 22.3 Å². The predicted molar refractivity (Wildman–Crippen MR) is 238 cm³/mol. The number of aromatic carboxylic acids is 4. The van der Waals surface area contributed by atoms with Crippen LogP contribution in [0.3, 0.4) is 0 Å². The fourth-order valence-electron chi connectivity index (χ4n) is 6.19. The number of carboxylic acid groups (broad SMARTS) is 4. The van der Waals surface area contributed by atoms with Crippen molar-refractivity contribution in [2.75, 3.05) is 0 Å². The second-order valence-electron chi connectivity index (χ2n) is 13.8. The van der Waals surface area contributed by atoms with Crippen molar-refractivity contribution < 1.29 is 58.6 Å². The monoisotopic (exact) mass is 852 g/mol. The molecular formula is C52H36O12. The van der Waals surface area contributed by atoms with Crippen LogP contribution in [0.4, 0.5) is 0 Å². The van der Waals surface area contributed by atoms with Gasteiger partial charge in [0.15, 0.2) is 0 Å². The fourth-order valence-corrected chi connectivity index (χ4v) is 6.19. The Balaban J connectivity index is 0.000000191. The molecule has 8 aromatic carbocycles. The Labute approximate surface area is 366 Å². The van der Waals surface area contributed by atoms with Gasteiger partial charge in [0.25, 0.3) is 0 Å². The maximum Gasteiger partial charge on any atom is 0.335 e. The topological polar surface area (TPSA) is 186 Å². The normalized spacial score (nSPS) is 10.4. The molecule has 0 radical (unpaired) electrons. The highest BCUT2D eigenvalue weighted by Crippen LogP contribution is 2.33. The Morgan fingerprint density at radius 2 is 0.516 bits per heavy atom. The van der Waals surface area contributed by atoms with Crippen LogP contribution >= 0.6 is 0 Å². The molecule has 0 heterocycles. The molecular weight excluding hydrogens is 817 g/mol. The molecule has 64 heavy (non-hydrogen) atoms. The average molecular weight is 853 g/mol. The van der Waals surface area contributed by atoms with E-state index in [1.54, 1.807) is 66.7 Å². The molecule has 12 nitrogen and oxygen atoms in total. The summed E-state index contributed by atoms with van der Waals surface area (Å²) in [7, 11) is 0. The van der Waals surface area contributed by atoms with Gasteiger partial charge in [-0.25, -0.2) is 19.2 Å². The van der Waals surface area contributed by atoms with Crippen LogP contribution in [0.1, 0.15) is 41.4 Å². The zero-order valence-electron chi connectivity index (χ0n) is 33.5. The van der Waals surface area contributed by atoms with E-state index in [2.05, 4.69) is 0 Å². The lowest BCUT2D eigenvalue weighted by atomic mass is 10.1. The van der Waals surface area contributed by atoms with Gasteiger partial charge in [0.05, 0.1) is 22.3 Å². The highest BCUT2D eigenvalue weighted by atomic mass is 16.5. The van der Waals surface area contributed by atoms with Crippen LogP contribution < -0.4 is 18.9 Å². The number of hydrogen-bond acceptors (Lipinski definition) is 8. The van der Waals surface area contributed by atoms with E-state index in [4.69, 9.17) is 39.4 Å². The molecule has 0 spiro atoms. The molecule has 0 saturated heterocycles. The summed E-state index contributed by atoms with van der Waals surface area (Å²) in [6.45, 7) is 0. The lowest BCUT2D eigenvalue weighted by Gasteiger charge is -2.10. The minimum atomic E-state index is -1.01. The molecule has 0 aliphatic rings. The molecule has 0 saturated carbocycles. The average Bonchev–Trinajstić information content (AvgIpc) is 3.30. The van der Waals surface area contributed by atoms with Crippen molar-refractivity contribution in [2.24, 2.45) is 0 Å². The molecule has 0 aliphatic carbocycles. The van der Waals surface area contributed by atoms with Crippen molar-refractivity contribution in [3.63, 3.8) is 0 Å². The Kier molecular flexibility index (Phi) is 13.4. The standard InChI is InChI=1S/2C26H18O6/c27-25(28)19-5-2-8-23(15-19)31-21-12-10-17(11-13-21)18-4-1-7-22(14-18)32-24-9-3-6-20(16-24)26(29)30;27-25(28)17-7-11-21(12-8-17)31-23-5-1-3-19(15-23)20-4-2-6-24(16-20)32-22-13-9-18(10-14-22)26(29)30/h2*1-16H,(H,27,28)(H,29,30). The van der Waals surface area contributed by atoms with E-state index >= 15 is 0 Å². The summed E-state index contributed by atoms with van der Waals surface area (Å²) < 4.78 is 23.3. The van der Waals surface area contributed by atoms with Crippen molar-refractivity contribution in [3.8, 4) is 68.2 Å². The molecule has 0 fully saturated rings. The van der Waals surface area contributed by atoms with Gasteiger partial charge in [-0.3, -0.25) is 0 Å². The zero-order valence-corrected chi connectivity index (χ0v) is 33.5. The summed E-state index contributed by atoms with van der Waals surface area (Å²) in [5, 5.41) is 36.2. The summed E-state index contributed by atoms with van der Waals surface area (Å²) in [4.78, 5) is 44.2. The highest BCUT2D eigenvalue weighted by Gasteiger charge is 2.10. The third-order valence-corrected chi connectivity index (χ3v) is 9.33. The number of benzene rings is 8. The number of carbonyl (C=O) groups is 4. The van der Waals surface area contributed by atoms with Crippen molar-refractivity contribution in [2.45, 2.75) is 0 Å². The van der Waals surface area contributed by atoms with Gasteiger partial charge in [0.2, 0.25) is 0 Å². The Morgan fingerprint density at radius 3 is 0.844 bits per heavy atom. The van der Waals surface area contributed by atoms with Gasteiger partial charge in [0.1, 0.15) is 46.0 Å². The predicted octanol–water partition coefficient (Wildman–Crippen LogP) is 12.7. The first-order valence-corrected chi connectivity index (χ1v) is 19.4. The summed E-state index contributed by atoms with van der Waals surface area (Å²) in [6, 6.07) is 54.9. The quantitative estimate of drug-likeness (QED) is 0.0812. The van der Waals surface area contributed by atoms with Crippen LogP contribution in [-0.4, -0.2) is 44.3 Å². The lowest BCUT2D eigenvalue weighted by molar-refractivity contribution is 0.0686. The number of rotatable bonds is 14. The smallest absolute Gasteiger partial charge is 0.335 e. The summed E-state index contributed by atoms with van der Waals surface area (Å²) in [6.07, 6.45) is 0. The third-order valence-electron chi connectivity index (χ3n) is 9.33. The van der Waals surface area contributed by atoms with Crippen LogP contribution in [0.25, 0.3) is 22.3 Å². The molecule has 0 aliphatic heterocycles. The first-order chi connectivity index (χ1) is 30.9. The largest absolute Gasteiger partial charge is 0.478 e. The second kappa shape index (κ2) is 19.9. The van der Waals surface area contributed by atoms with E-state index in [1.165, 1.54) is 48.5 Å². The van der Waals surface area contributed by atoms with Crippen molar-refractivity contribution in [3.05, 3.63) is 216 Å². The maximum atomic E-state index is 11.1. The molecule has 4 N–H and O–H groups in total. The molecule has 0 unspecified atom stereocenters. The third kappa shape index (κ3) is 11.6. The van der Waals surface area contributed by atoms with Gasteiger partial charge in [0, 0.05) is 0 Å². The molecule has 0 atom stereocenters. The van der Waals surface area contributed by atoms with Gasteiger partial charge in [-0.05, 0) is 156 Å². The number of carboxylic acids is 4. The lowest BCUT2D eigenvalue weighted by Crippen LogP contribution is -1.96. The minimum absolute atomic E-state index is 0.156. The van der Waals surface area contributed by atoms with Crippen molar-refractivity contribution >= 4 is 23.9 Å². The minimum Gasteiger partial charge on any atom is -0.478 e. The van der Waals surface area contributed by atoms with Gasteiger partial charge >= 0.3 is 23.9 Å². The first kappa shape index (κ1) is 42.9. The number of hydrogen-bond donors (Lipinski definition) is 4. The second-order valence-corrected chi connectivity index (χ2v) is 13.8. The SMILES string of the molecule is O=C(O)c1ccc(Oc2cccc(-c3cccc(Oc4ccc(C(=O)O)cc4)c3)c2)cc1.O=C(O)c1cccc(Oc2ccc(-c3cccc(Oc4cccc(C(=O)O)c4)c3)cc2)c1. The van der Waals surface area contributed by atoms with Gasteiger partial charge < -0.3 is 39.4 Å². The Morgan fingerprint density at radius 1 is 0.250 bits per heavy atom. The Bertz CT molecular complexity index is 2840. The summed E-state index contributed by atoms with van der Waals surface area (Å²) >= 11 is 0. The molecule has 0 aromatic heterocycles. The number of ether oxygens (including phenoxy) is 4. The van der Waals surface area contributed by atoms with E-state index in [9.17, 15) is 19.2 Å². The van der Waals surface area contributed by atoms with Gasteiger partial charge in [-0.2, -0.15) is 0 Å². The van der Waals surface area contributed by atoms with Crippen LogP contribution in [0.5, 0.6) is 46.0 Å². The van der Waals surface area contributed by atoms with Crippen LogP contribution in [0, 0.1) is 0 Å². The maximum absolute atomic E-state index is 11.1.